The van der Waals surface area contributed by atoms with E-state index in [4.69, 9.17) is 11.6 Å². The average molecular weight is 242 g/mol. The Morgan fingerprint density at radius 2 is 2.12 bits per heavy atom. The van der Waals surface area contributed by atoms with Crippen LogP contribution in [-0.2, 0) is 0 Å². The van der Waals surface area contributed by atoms with Gasteiger partial charge in [-0.25, -0.2) is 9.97 Å². The molecule has 0 saturated heterocycles. The highest BCUT2D eigenvalue weighted by Crippen LogP contribution is 2.24. The molecule has 0 radical (unpaired) electrons. The SMILES string of the molecule is CC(C)c1nc(Cl)cc(NC2CC(O)C2)n1. The normalized spacial score (nSPS) is 24.3. The van der Waals surface area contributed by atoms with Crippen molar-refractivity contribution in [3.63, 3.8) is 0 Å². The van der Waals surface area contributed by atoms with Crippen LogP contribution in [0.5, 0.6) is 0 Å². The van der Waals surface area contributed by atoms with Gasteiger partial charge in [0, 0.05) is 18.0 Å². The van der Waals surface area contributed by atoms with E-state index in [0.29, 0.717) is 11.2 Å². The summed E-state index contributed by atoms with van der Waals surface area (Å²) >= 11 is 5.93. The van der Waals surface area contributed by atoms with E-state index in [0.717, 1.165) is 24.5 Å². The predicted octanol–water partition coefficient (Wildman–Crippen LogP) is 2.19. The molecule has 2 rings (SSSR count). The van der Waals surface area contributed by atoms with Crippen molar-refractivity contribution in [3.8, 4) is 0 Å². The van der Waals surface area contributed by atoms with E-state index in [1.54, 1.807) is 6.07 Å². The van der Waals surface area contributed by atoms with Gasteiger partial charge >= 0.3 is 0 Å². The van der Waals surface area contributed by atoms with Gasteiger partial charge in [-0.15, -0.1) is 0 Å². The van der Waals surface area contributed by atoms with Crippen molar-refractivity contribution in [1.82, 2.24) is 9.97 Å². The lowest BCUT2D eigenvalue weighted by Crippen LogP contribution is -2.39. The van der Waals surface area contributed by atoms with Gasteiger partial charge in [0.2, 0.25) is 0 Å². The standard InChI is InChI=1S/C11H16ClN3O/c1-6(2)11-14-9(12)5-10(15-11)13-7-3-8(16)4-7/h5-8,16H,3-4H2,1-2H3,(H,13,14,15). The highest BCUT2D eigenvalue weighted by Gasteiger charge is 2.27. The molecule has 1 aliphatic carbocycles. The number of hydrogen-bond acceptors (Lipinski definition) is 4. The lowest BCUT2D eigenvalue weighted by atomic mass is 9.89. The van der Waals surface area contributed by atoms with E-state index in [2.05, 4.69) is 15.3 Å². The summed E-state index contributed by atoms with van der Waals surface area (Å²) in [6.07, 6.45) is 1.39. The van der Waals surface area contributed by atoms with Crippen molar-refractivity contribution in [1.29, 1.82) is 0 Å². The zero-order valence-corrected chi connectivity index (χ0v) is 10.2. The molecule has 0 unspecified atom stereocenters. The van der Waals surface area contributed by atoms with Crippen molar-refractivity contribution in [3.05, 3.63) is 17.0 Å². The molecule has 1 aromatic heterocycles. The van der Waals surface area contributed by atoms with Crippen LogP contribution < -0.4 is 5.32 Å². The van der Waals surface area contributed by atoms with Crippen LogP contribution in [0.25, 0.3) is 0 Å². The Morgan fingerprint density at radius 3 is 2.69 bits per heavy atom. The lowest BCUT2D eigenvalue weighted by Gasteiger charge is -2.32. The first-order chi connectivity index (χ1) is 7.54. The number of halogens is 1. The first-order valence-electron chi connectivity index (χ1n) is 5.53. The first-order valence-corrected chi connectivity index (χ1v) is 5.91. The molecule has 1 heterocycles. The molecule has 88 valence electrons. The topological polar surface area (TPSA) is 58.0 Å². The Morgan fingerprint density at radius 1 is 1.44 bits per heavy atom. The van der Waals surface area contributed by atoms with E-state index in [9.17, 15) is 5.11 Å². The summed E-state index contributed by atoms with van der Waals surface area (Å²) in [5.41, 5.74) is 0. The van der Waals surface area contributed by atoms with Crippen LogP contribution in [0.4, 0.5) is 5.82 Å². The summed E-state index contributed by atoms with van der Waals surface area (Å²) in [4.78, 5) is 8.56. The van der Waals surface area contributed by atoms with Crippen molar-refractivity contribution in [2.45, 2.75) is 44.8 Å². The summed E-state index contributed by atoms with van der Waals surface area (Å²) in [5, 5.41) is 12.9. The molecule has 1 aliphatic rings. The predicted molar refractivity (Wildman–Crippen MR) is 63.8 cm³/mol. The smallest absolute Gasteiger partial charge is 0.135 e. The highest BCUT2D eigenvalue weighted by atomic mass is 35.5. The molecule has 0 amide bonds. The minimum Gasteiger partial charge on any atom is -0.393 e. The summed E-state index contributed by atoms with van der Waals surface area (Å²) in [5.74, 6) is 1.75. The first kappa shape index (κ1) is 11.6. The minimum absolute atomic E-state index is 0.167. The maximum absolute atomic E-state index is 9.19. The third-order valence-electron chi connectivity index (χ3n) is 2.69. The van der Waals surface area contributed by atoms with Crippen LogP contribution >= 0.6 is 11.6 Å². The van der Waals surface area contributed by atoms with Crippen molar-refractivity contribution in [2.75, 3.05) is 5.32 Å². The fraction of sp³-hybridized carbons (Fsp3) is 0.636. The van der Waals surface area contributed by atoms with Crippen LogP contribution in [0, 0.1) is 0 Å². The largest absolute Gasteiger partial charge is 0.393 e. The molecule has 0 spiro atoms. The zero-order valence-electron chi connectivity index (χ0n) is 9.44. The Labute approximate surface area is 100 Å². The second-order valence-electron chi connectivity index (χ2n) is 4.56. The number of rotatable bonds is 3. The van der Waals surface area contributed by atoms with Gasteiger partial charge in [-0.3, -0.25) is 0 Å². The van der Waals surface area contributed by atoms with E-state index in [1.807, 2.05) is 13.8 Å². The summed E-state index contributed by atoms with van der Waals surface area (Å²) in [7, 11) is 0. The van der Waals surface area contributed by atoms with Gasteiger partial charge in [-0.1, -0.05) is 25.4 Å². The van der Waals surface area contributed by atoms with Crippen LogP contribution in [0.3, 0.4) is 0 Å². The number of aromatic nitrogens is 2. The molecule has 16 heavy (non-hydrogen) atoms. The number of hydrogen-bond donors (Lipinski definition) is 2. The van der Waals surface area contributed by atoms with Crippen molar-refractivity contribution in [2.24, 2.45) is 0 Å². The van der Waals surface area contributed by atoms with Crippen LogP contribution in [0.1, 0.15) is 38.4 Å². The fourth-order valence-electron chi connectivity index (χ4n) is 1.68. The molecule has 4 nitrogen and oxygen atoms in total. The van der Waals surface area contributed by atoms with Gasteiger partial charge in [-0.2, -0.15) is 0 Å². The molecule has 2 N–H and O–H groups in total. The molecule has 1 aromatic rings. The van der Waals surface area contributed by atoms with Crippen LogP contribution in [-0.4, -0.2) is 27.2 Å². The van der Waals surface area contributed by atoms with Gasteiger partial charge < -0.3 is 10.4 Å². The molecule has 0 atom stereocenters. The number of nitrogens with zero attached hydrogens (tertiary/aromatic N) is 2. The number of aliphatic hydroxyl groups excluding tert-OH is 1. The molecule has 0 bridgehead atoms. The van der Waals surface area contributed by atoms with E-state index in [-0.39, 0.29) is 12.0 Å². The molecule has 0 aromatic carbocycles. The minimum atomic E-state index is -0.167. The fourth-order valence-corrected chi connectivity index (χ4v) is 1.87. The molecular formula is C11H16ClN3O. The molecular weight excluding hydrogens is 226 g/mol. The van der Waals surface area contributed by atoms with Crippen molar-refractivity contribution < 1.29 is 5.11 Å². The number of anilines is 1. The molecule has 1 fully saturated rings. The summed E-state index contributed by atoms with van der Waals surface area (Å²) in [6.45, 7) is 4.06. The Bertz CT molecular complexity index is 377. The van der Waals surface area contributed by atoms with Gasteiger partial charge in [0.15, 0.2) is 0 Å². The highest BCUT2D eigenvalue weighted by molar-refractivity contribution is 6.29. The maximum Gasteiger partial charge on any atom is 0.135 e. The van der Waals surface area contributed by atoms with E-state index in [1.165, 1.54) is 0 Å². The van der Waals surface area contributed by atoms with Gasteiger partial charge in [-0.05, 0) is 12.8 Å². The summed E-state index contributed by atoms with van der Waals surface area (Å²) < 4.78 is 0. The number of aliphatic hydroxyl groups is 1. The Balaban J connectivity index is 2.08. The monoisotopic (exact) mass is 241 g/mol. The molecule has 5 heteroatoms. The third kappa shape index (κ3) is 2.62. The van der Waals surface area contributed by atoms with Gasteiger partial charge in [0.1, 0.15) is 16.8 Å². The van der Waals surface area contributed by atoms with Crippen molar-refractivity contribution >= 4 is 17.4 Å². The molecule has 1 saturated carbocycles. The quantitative estimate of drug-likeness (QED) is 0.797. The Hall–Kier alpha value is -0.870. The maximum atomic E-state index is 9.19. The zero-order chi connectivity index (χ0) is 11.7. The second kappa shape index (κ2) is 4.55. The van der Waals surface area contributed by atoms with Crippen LogP contribution in [0.15, 0.2) is 6.07 Å². The van der Waals surface area contributed by atoms with E-state index < -0.39 is 0 Å². The molecule has 0 aliphatic heterocycles. The average Bonchev–Trinajstić information content (AvgIpc) is 2.14. The third-order valence-corrected chi connectivity index (χ3v) is 2.89. The second-order valence-corrected chi connectivity index (χ2v) is 4.94. The Kier molecular flexibility index (Phi) is 3.30. The summed E-state index contributed by atoms with van der Waals surface area (Å²) in [6, 6.07) is 2.03. The van der Waals surface area contributed by atoms with Crippen LogP contribution in [0.2, 0.25) is 5.15 Å². The lowest BCUT2D eigenvalue weighted by molar-refractivity contribution is 0.0835. The number of nitrogens with one attached hydrogen (secondary N) is 1. The van der Waals surface area contributed by atoms with Gasteiger partial charge in [0.25, 0.3) is 0 Å². The van der Waals surface area contributed by atoms with E-state index >= 15 is 0 Å². The van der Waals surface area contributed by atoms with Gasteiger partial charge in [0.05, 0.1) is 6.10 Å².